The SMILES string of the molecule is Cc1cccc(CS(=O)(=O)CC2CNC2)n1. The van der Waals surface area contributed by atoms with Crippen LogP contribution in [-0.2, 0) is 15.6 Å². The molecule has 2 heterocycles. The average Bonchev–Trinajstić information content (AvgIpc) is 2.11. The molecule has 2 rings (SSSR count). The van der Waals surface area contributed by atoms with Crippen molar-refractivity contribution in [3.8, 4) is 0 Å². The molecule has 1 fully saturated rings. The maximum Gasteiger partial charge on any atom is 0.156 e. The van der Waals surface area contributed by atoms with Crippen LogP contribution in [0.1, 0.15) is 11.4 Å². The van der Waals surface area contributed by atoms with E-state index >= 15 is 0 Å². The average molecular weight is 240 g/mol. The molecule has 5 heteroatoms. The topological polar surface area (TPSA) is 59.1 Å². The van der Waals surface area contributed by atoms with Gasteiger partial charge >= 0.3 is 0 Å². The highest BCUT2D eigenvalue weighted by atomic mass is 32.2. The van der Waals surface area contributed by atoms with Gasteiger partial charge in [0.05, 0.1) is 17.2 Å². The van der Waals surface area contributed by atoms with Crippen LogP contribution in [0.25, 0.3) is 0 Å². The number of pyridine rings is 1. The van der Waals surface area contributed by atoms with Gasteiger partial charge in [0, 0.05) is 18.8 Å². The van der Waals surface area contributed by atoms with E-state index in [0.717, 1.165) is 18.8 Å². The zero-order valence-corrected chi connectivity index (χ0v) is 10.1. The normalized spacial score (nSPS) is 17.1. The minimum atomic E-state index is -3.01. The Morgan fingerprint density at radius 3 is 2.75 bits per heavy atom. The molecule has 1 aliphatic heterocycles. The predicted molar refractivity (Wildman–Crippen MR) is 62.8 cm³/mol. The van der Waals surface area contributed by atoms with E-state index in [1.165, 1.54) is 0 Å². The van der Waals surface area contributed by atoms with Crippen molar-refractivity contribution in [2.24, 2.45) is 5.92 Å². The second-order valence-electron chi connectivity index (χ2n) is 4.35. The summed E-state index contributed by atoms with van der Waals surface area (Å²) in [6.45, 7) is 3.51. The molecule has 1 aliphatic rings. The van der Waals surface area contributed by atoms with Crippen LogP contribution in [0.15, 0.2) is 18.2 Å². The lowest BCUT2D eigenvalue weighted by atomic mass is 10.1. The number of nitrogens with zero attached hydrogens (tertiary/aromatic N) is 1. The lowest BCUT2D eigenvalue weighted by Crippen LogP contribution is -2.45. The van der Waals surface area contributed by atoms with E-state index in [2.05, 4.69) is 10.3 Å². The molecule has 0 saturated carbocycles. The quantitative estimate of drug-likeness (QED) is 0.834. The van der Waals surface area contributed by atoms with E-state index in [-0.39, 0.29) is 17.4 Å². The van der Waals surface area contributed by atoms with Crippen LogP contribution in [0.4, 0.5) is 0 Å². The first kappa shape index (κ1) is 11.5. The fourth-order valence-corrected chi connectivity index (χ4v) is 3.47. The van der Waals surface area contributed by atoms with Crippen molar-refractivity contribution in [3.63, 3.8) is 0 Å². The summed E-state index contributed by atoms with van der Waals surface area (Å²) in [6.07, 6.45) is 0. The van der Waals surface area contributed by atoms with Crippen molar-refractivity contribution >= 4 is 9.84 Å². The van der Waals surface area contributed by atoms with Crippen molar-refractivity contribution < 1.29 is 8.42 Å². The predicted octanol–water partition coefficient (Wildman–Crippen LogP) is 0.524. The third kappa shape index (κ3) is 3.02. The van der Waals surface area contributed by atoms with Crippen LogP contribution in [0.3, 0.4) is 0 Å². The molecule has 1 N–H and O–H groups in total. The van der Waals surface area contributed by atoms with Crippen molar-refractivity contribution in [1.82, 2.24) is 10.3 Å². The van der Waals surface area contributed by atoms with E-state index in [0.29, 0.717) is 5.69 Å². The Labute approximate surface area is 96.0 Å². The molecular formula is C11H16N2O2S. The van der Waals surface area contributed by atoms with Crippen LogP contribution in [0, 0.1) is 12.8 Å². The zero-order valence-electron chi connectivity index (χ0n) is 9.31. The van der Waals surface area contributed by atoms with E-state index in [4.69, 9.17) is 0 Å². The molecular weight excluding hydrogens is 224 g/mol. The lowest BCUT2D eigenvalue weighted by Gasteiger charge is -2.26. The molecule has 0 aliphatic carbocycles. The highest BCUT2D eigenvalue weighted by molar-refractivity contribution is 7.90. The molecule has 0 atom stereocenters. The van der Waals surface area contributed by atoms with Crippen LogP contribution in [0.2, 0.25) is 0 Å². The van der Waals surface area contributed by atoms with E-state index in [1.807, 2.05) is 19.1 Å². The summed E-state index contributed by atoms with van der Waals surface area (Å²) >= 11 is 0. The molecule has 1 aromatic heterocycles. The Hall–Kier alpha value is -0.940. The first-order chi connectivity index (χ1) is 7.55. The zero-order chi connectivity index (χ0) is 11.6. The standard InChI is InChI=1S/C11H16N2O2S/c1-9-3-2-4-11(13-9)8-16(14,15)7-10-5-12-6-10/h2-4,10,12H,5-8H2,1H3. The summed E-state index contributed by atoms with van der Waals surface area (Å²) in [5.74, 6) is 0.621. The van der Waals surface area contributed by atoms with Crippen LogP contribution in [0.5, 0.6) is 0 Å². The second kappa shape index (κ2) is 4.51. The molecule has 0 spiro atoms. The molecule has 1 aromatic rings. The first-order valence-corrected chi connectivity index (χ1v) is 7.21. The van der Waals surface area contributed by atoms with Gasteiger partial charge in [0.15, 0.2) is 9.84 Å². The summed E-state index contributed by atoms with van der Waals surface area (Å²) in [7, 11) is -3.01. The van der Waals surface area contributed by atoms with Gasteiger partial charge in [-0.05, 0) is 25.0 Å². The van der Waals surface area contributed by atoms with Gasteiger partial charge in [0.1, 0.15) is 0 Å². The third-order valence-corrected chi connectivity index (χ3v) is 4.38. The number of aryl methyl sites for hydroxylation is 1. The maximum absolute atomic E-state index is 11.8. The van der Waals surface area contributed by atoms with Gasteiger partial charge in [0.25, 0.3) is 0 Å². The number of rotatable bonds is 4. The number of nitrogens with one attached hydrogen (secondary N) is 1. The van der Waals surface area contributed by atoms with Gasteiger partial charge in [-0.1, -0.05) is 6.07 Å². The lowest BCUT2D eigenvalue weighted by molar-refractivity contribution is 0.378. The fraction of sp³-hybridized carbons (Fsp3) is 0.545. The van der Waals surface area contributed by atoms with Crippen LogP contribution in [-0.4, -0.2) is 32.2 Å². The summed E-state index contributed by atoms with van der Waals surface area (Å²) in [5.41, 5.74) is 1.50. The molecule has 0 aromatic carbocycles. The highest BCUT2D eigenvalue weighted by Gasteiger charge is 2.24. The van der Waals surface area contributed by atoms with Crippen molar-refractivity contribution in [3.05, 3.63) is 29.6 Å². The Balaban J connectivity index is 2.02. The molecule has 0 bridgehead atoms. The summed E-state index contributed by atoms with van der Waals surface area (Å²) in [6, 6.07) is 5.48. The molecule has 4 nitrogen and oxygen atoms in total. The van der Waals surface area contributed by atoms with E-state index in [9.17, 15) is 8.42 Å². The first-order valence-electron chi connectivity index (χ1n) is 5.39. The van der Waals surface area contributed by atoms with Crippen molar-refractivity contribution in [2.75, 3.05) is 18.8 Å². The molecule has 88 valence electrons. The molecule has 0 unspecified atom stereocenters. The van der Waals surface area contributed by atoms with Crippen molar-refractivity contribution in [2.45, 2.75) is 12.7 Å². The Kier molecular flexibility index (Phi) is 3.25. The summed E-state index contributed by atoms with van der Waals surface area (Å²) < 4.78 is 23.7. The van der Waals surface area contributed by atoms with Gasteiger partial charge in [-0.15, -0.1) is 0 Å². The molecule has 0 radical (unpaired) electrons. The Morgan fingerprint density at radius 1 is 1.44 bits per heavy atom. The minimum absolute atomic E-state index is 0.0607. The Bertz CT molecular complexity index is 467. The van der Waals surface area contributed by atoms with E-state index < -0.39 is 9.84 Å². The smallest absolute Gasteiger partial charge is 0.156 e. The van der Waals surface area contributed by atoms with Crippen LogP contribution < -0.4 is 5.32 Å². The van der Waals surface area contributed by atoms with E-state index in [1.54, 1.807) is 6.07 Å². The van der Waals surface area contributed by atoms with Gasteiger partial charge in [-0.2, -0.15) is 0 Å². The summed E-state index contributed by atoms with van der Waals surface area (Å²) in [5, 5.41) is 3.08. The number of aromatic nitrogens is 1. The third-order valence-electron chi connectivity index (χ3n) is 2.67. The minimum Gasteiger partial charge on any atom is -0.316 e. The van der Waals surface area contributed by atoms with Crippen LogP contribution >= 0.6 is 0 Å². The van der Waals surface area contributed by atoms with Gasteiger partial charge in [-0.3, -0.25) is 4.98 Å². The molecule has 16 heavy (non-hydrogen) atoms. The number of sulfone groups is 1. The number of hydrogen-bond acceptors (Lipinski definition) is 4. The number of hydrogen-bond donors (Lipinski definition) is 1. The Morgan fingerprint density at radius 2 is 2.19 bits per heavy atom. The highest BCUT2D eigenvalue weighted by Crippen LogP contribution is 2.11. The van der Waals surface area contributed by atoms with Gasteiger partial charge < -0.3 is 5.32 Å². The second-order valence-corrected chi connectivity index (χ2v) is 6.46. The van der Waals surface area contributed by atoms with Gasteiger partial charge in [0.2, 0.25) is 0 Å². The monoisotopic (exact) mass is 240 g/mol. The maximum atomic E-state index is 11.8. The largest absolute Gasteiger partial charge is 0.316 e. The molecule has 0 amide bonds. The fourth-order valence-electron chi connectivity index (χ4n) is 1.79. The van der Waals surface area contributed by atoms with Crippen molar-refractivity contribution in [1.29, 1.82) is 0 Å². The summed E-state index contributed by atoms with van der Waals surface area (Å²) in [4.78, 5) is 4.21. The van der Waals surface area contributed by atoms with Gasteiger partial charge in [-0.25, -0.2) is 8.42 Å². The molecule has 1 saturated heterocycles.